The molecule has 2 N–H and O–H groups in total. The van der Waals surface area contributed by atoms with Crippen molar-refractivity contribution in [1.29, 1.82) is 0 Å². The van der Waals surface area contributed by atoms with Crippen molar-refractivity contribution in [2.75, 3.05) is 25.1 Å². The number of carboxylic acids is 2. The first-order valence-corrected chi connectivity index (χ1v) is 13.9. The van der Waals surface area contributed by atoms with Crippen molar-refractivity contribution >= 4 is 38.6 Å². The van der Waals surface area contributed by atoms with E-state index in [2.05, 4.69) is 41.1 Å². The molecule has 9 heteroatoms. The van der Waals surface area contributed by atoms with Crippen LogP contribution < -0.4 is 9.64 Å². The van der Waals surface area contributed by atoms with E-state index in [1.165, 1.54) is 48.5 Å². The van der Waals surface area contributed by atoms with Crippen LogP contribution in [0.3, 0.4) is 0 Å². The molecule has 3 aromatic rings. The number of ether oxygens (including phenoxy) is 1. The Kier molecular flexibility index (Phi) is 9.73. The van der Waals surface area contributed by atoms with E-state index in [9.17, 15) is 9.59 Å². The Bertz CT molecular complexity index is 1170. The largest absolute Gasteiger partial charge is 0.494 e. The number of unbranched alkanes of at least 4 members (excludes halogenated alkanes) is 1. The normalized spacial score (nSPS) is 20.7. The van der Waals surface area contributed by atoms with Crippen molar-refractivity contribution in [3.8, 4) is 5.75 Å². The van der Waals surface area contributed by atoms with Crippen LogP contribution in [-0.4, -0.2) is 70.4 Å². The molecule has 2 atom stereocenters. The second kappa shape index (κ2) is 13.4. The predicted octanol–water partition coefficient (Wildman–Crippen LogP) is 5.30. The van der Waals surface area contributed by atoms with Gasteiger partial charge >= 0.3 is 11.9 Å². The Morgan fingerprint density at radius 3 is 2.26 bits per heavy atom. The molecule has 0 radical (unpaired) electrons. The molecule has 2 bridgehead atoms. The van der Waals surface area contributed by atoms with E-state index in [1.54, 1.807) is 0 Å². The second-order valence-electron chi connectivity index (χ2n) is 9.70. The first-order chi connectivity index (χ1) is 18.4. The minimum atomic E-state index is -1.26. The Morgan fingerprint density at radius 1 is 1.00 bits per heavy atom. The van der Waals surface area contributed by atoms with Gasteiger partial charge in [0.15, 0.2) is 5.13 Å². The zero-order chi connectivity index (χ0) is 26.9. The molecule has 0 aliphatic carbocycles. The molecule has 2 aromatic carbocycles. The number of aliphatic carboxylic acids is 2. The highest BCUT2D eigenvalue weighted by Crippen LogP contribution is 2.39. The molecule has 1 aromatic heterocycles. The maximum absolute atomic E-state index is 9.55. The lowest BCUT2D eigenvalue weighted by Gasteiger charge is -2.42. The number of nitrogens with zero attached hydrogens (tertiary/aromatic N) is 3. The minimum Gasteiger partial charge on any atom is -0.494 e. The van der Waals surface area contributed by atoms with Gasteiger partial charge in [-0.3, -0.25) is 4.90 Å². The van der Waals surface area contributed by atoms with Gasteiger partial charge in [-0.25, -0.2) is 14.6 Å². The highest BCUT2D eigenvalue weighted by atomic mass is 32.1. The summed E-state index contributed by atoms with van der Waals surface area (Å²) in [5.41, 5.74) is 1.13. The summed E-state index contributed by atoms with van der Waals surface area (Å²) >= 11 is 1.83. The summed E-state index contributed by atoms with van der Waals surface area (Å²) in [6.45, 7) is 2.03. The second-order valence-corrected chi connectivity index (χ2v) is 10.7. The number of hydrogen-bond donors (Lipinski definition) is 2. The summed E-state index contributed by atoms with van der Waals surface area (Å²) in [4.78, 5) is 29.3. The number of carboxylic acid groups (broad SMARTS) is 2. The van der Waals surface area contributed by atoms with E-state index in [1.807, 2.05) is 41.7 Å². The molecule has 8 nitrogen and oxygen atoms in total. The first kappa shape index (κ1) is 27.6. The molecule has 3 heterocycles. The van der Waals surface area contributed by atoms with E-state index >= 15 is 0 Å². The Balaban J connectivity index is 0.000000368. The van der Waals surface area contributed by atoms with E-state index in [0.29, 0.717) is 18.2 Å². The standard InChI is InChI=1S/C25H31N3OS.C4H4O4/c1-27(25-26-23-11-5-6-12-24(23)30-25)21-17-19-13-14-20(18-21)28(19)15-7-8-16-29-22-9-3-2-4-10-22;5-3(6)1-2-4(7)8/h2-6,9-12,19-21H,7-8,13-18H2,1H3;1-2H,(H,5,6)(H,7,8)/b;2-1+. The van der Waals surface area contributed by atoms with E-state index in [-0.39, 0.29) is 0 Å². The molecule has 2 aliphatic rings. The van der Waals surface area contributed by atoms with Gasteiger partial charge < -0.3 is 19.8 Å². The summed E-state index contributed by atoms with van der Waals surface area (Å²) < 4.78 is 7.15. The molecule has 2 saturated heterocycles. The molecule has 202 valence electrons. The van der Waals surface area contributed by atoms with Crippen LogP contribution in [0.1, 0.15) is 38.5 Å². The average Bonchev–Trinajstić information content (AvgIpc) is 3.45. The average molecular weight is 538 g/mol. The molecule has 0 amide bonds. The Morgan fingerprint density at radius 2 is 1.63 bits per heavy atom. The number of rotatable bonds is 10. The minimum absolute atomic E-state index is 0.558. The molecule has 38 heavy (non-hydrogen) atoms. The van der Waals surface area contributed by atoms with Crippen LogP contribution in [0.5, 0.6) is 5.75 Å². The van der Waals surface area contributed by atoms with Crippen LogP contribution in [0, 0.1) is 0 Å². The highest BCUT2D eigenvalue weighted by Gasteiger charge is 2.41. The lowest BCUT2D eigenvalue weighted by atomic mass is 9.96. The zero-order valence-electron chi connectivity index (χ0n) is 21.6. The van der Waals surface area contributed by atoms with Gasteiger partial charge in [0.25, 0.3) is 0 Å². The number of fused-ring (bicyclic) bond motifs is 3. The summed E-state index contributed by atoms with van der Waals surface area (Å²) in [7, 11) is 2.25. The van der Waals surface area contributed by atoms with Gasteiger partial charge in [0, 0.05) is 37.3 Å². The monoisotopic (exact) mass is 537 g/mol. The number of thiazole rings is 1. The van der Waals surface area contributed by atoms with Crippen molar-refractivity contribution < 1.29 is 24.5 Å². The fourth-order valence-electron chi connectivity index (χ4n) is 5.34. The maximum Gasteiger partial charge on any atom is 0.328 e. The smallest absolute Gasteiger partial charge is 0.328 e. The number of carbonyl (C=O) groups is 2. The van der Waals surface area contributed by atoms with Crippen LogP contribution in [0.2, 0.25) is 0 Å². The van der Waals surface area contributed by atoms with Crippen molar-refractivity contribution in [3.63, 3.8) is 0 Å². The summed E-state index contributed by atoms with van der Waals surface area (Å²) in [6.07, 6.45) is 8.71. The van der Waals surface area contributed by atoms with Crippen LogP contribution in [0.15, 0.2) is 66.7 Å². The van der Waals surface area contributed by atoms with Gasteiger partial charge in [-0.2, -0.15) is 0 Å². The topological polar surface area (TPSA) is 103 Å². The van der Waals surface area contributed by atoms with Crippen LogP contribution >= 0.6 is 11.3 Å². The molecular weight excluding hydrogens is 502 g/mol. The third-order valence-corrected chi connectivity index (χ3v) is 8.31. The van der Waals surface area contributed by atoms with Crippen molar-refractivity contribution in [2.24, 2.45) is 0 Å². The summed E-state index contributed by atoms with van der Waals surface area (Å²) in [5.74, 6) is -1.53. The number of benzene rings is 2. The van der Waals surface area contributed by atoms with Crippen LogP contribution in [0.4, 0.5) is 5.13 Å². The van der Waals surface area contributed by atoms with Crippen molar-refractivity contribution in [2.45, 2.75) is 56.7 Å². The van der Waals surface area contributed by atoms with Crippen molar-refractivity contribution in [1.82, 2.24) is 9.88 Å². The predicted molar refractivity (Wildman–Crippen MR) is 150 cm³/mol. The van der Waals surface area contributed by atoms with Crippen molar-refractivity contribution in [3.05, 3.63) is 66.7 Å². The van der Waals surface area contributed by atoms with E-state index in [4.69, 9.17) is 19.9 Å². The number of aromatic nitrogens is 1. The van der Waals surface area contributed by atoms with Gasteiger partial charge in [-0.1, -0.05) is 41.7 Å². The van der Waals surface area contributed by atoms with Gasteiger partial charge in [0.2, 0.25) is 0 Å². The highest BCUT2D eigenvalue weighted by molar-refractivity contribution is 7.22. The fourth-order valence-corrected chi connectivity index (χ4v) is 6.34. The van der Waals surface area contributed by atoms with Gasteiger partial charge in [-0.15, -0.1) is 0 Å². The molecule has 2 aliphatic heterocycles. The summed E-state index contributed by atoms with van der Waals surface area (Å²) in [6, 6.07) is 20.7. The molecular formula is C29H35N3O5S. The van der Waals surface area contributed by atoms with E-state index in [0.717, 1.165) is 36.4 Å². The Labute approximate surface area is 227 Å². The van der Waals surface area contributed by atoms with Gasteiger partial charge in [0.1, 0.15) is 5.75 Å². The summed E-state index contributed by atoms with van der Waals surface area (Å²) in [5, 5.41) is 16.8. The number of para-hydroxylation sites is 2. The SMILES string of the molecule is CN(c1nc2ccccc2s1)C1CC2CCC(C1)N2CCCCOc1ccccc1.O=C(O)/C=C/C(=O)O. The van der Waals surface area contributed by atoms with Crippen LogP contribution in [-0.2, 0) is 9.59 Å². The van der Waals surface area contributed by atoms with Gasteiger partial charge in [-0.05, 0) is 69.3 Å². The quantitative estimate of drug-likeness (QED) is 0.265. The van der Waals surface area contributed by atoms with E-state index < -0.39 is 11.9 Å². The lowest BCUT2D eigenvalue weighted by molar-refractivity contribution is -0.134. The molecule has 0 saturated carbocycles. The molecule has 0 spiro atoms. The Hall–Kier alpha value is -3.43. The third kappa shape index (κ3) is 7.55. The lowest BCUT2D eigenvalue weighted by Crippen LogP contribution is -2.49. The molecule has 2 unspecified atom stereocenters. The zero-order valence-corrected chi connectivity index (χ0v) is 22.4. The number of hydrogen-bond acceptors (Lipinski definition) is 7. The molecule has 5 rings (SSSR count). The first-order valence-electron chi connectivity index (χ1n) is 13.1. The maximum atomic E-state index is 9.55. The van der Waals surface area contributed by atoms with Crippen LogP contribution in [0.25, 0.3) is 10.2 Å². The number of anilines is 1. The van der Waals surface area contributed by atoms with Gasteiger partial charge in [0.05, 0.1) is 16.8 Å². The molecule has 2 fully saturated rings. The third-order valence-electron chi connectivity index (χ3n) is 7.18. The number of piperidine rings is 1. The fraction of sp³-hybridized carbons (Fsp3) is 0.414.